The van der Waals surface area contributed by atoms with Crippen LogP contribution in [0.25, 0.3) is 0 Å². The Balaban J connectivity index is 1.96. The first kappa shape index (κ1) is 11.2. The summed E-state index contributed by atoms with van der Waals surface area (Å²) < 4.78 is 2.48. The molecule has 0 bridgehead atoms. The molecule has 1 aliphatic carbocycles. The molecule has 0 unspecified atom stereocenters. The van der Waals surface area contributed by atoms with Crippen LogP contribution in [0.4, 0.5) is 0 Å². The molecule has 0 spiro atoms. The fraction of sp³-hybridized carbons (Fsp3) is 0.769. The molecular formula is C13H22N4. The van der Waals surface area contributed by atoms with Crippen LogP contribution in [-0.4, -0.2) is 34.6 Å². The molecule has 4 heteroatoms. The van der Waals surface area contributed by atoms with Crippen LogP contribution in [0.2, 0.25) is 0 Å². The first-order chi connectivity index (χ1) is 8.29. The lowest BCUT2D eigenvalue weighted by molar-refractivity contribution is 0.259. The van der Waals surface area contributed by atoms with E-state index in [0.29, 0.717) is 6.54 Å². The van der Waals surface area contributed by atoms with Gasteiger partial charge >= 0.3 is 0 Å². The van der Waals surface area contributed by atoms with Crippen molar-refractivity contribution < 1.29 is 0 Å². The van der Waals surface area contributed by atoms with Crippen molar-refractivity contribution in [2.75, 3.05) is 20.1 Å². The van der Waals surface area contributed by atoms with E-state index in [1.807, 2.05) is 0 Å². The van der Waals surface area contributed by atoms with Crippen molar-refractivity contribution in [3.05, 3.63) is 17.2 Å². The second-order valence-corrected chi connectivity index (χ2v) is 5.42. The highest BCUT2D eigenvalue weighted by Crippen LogP contribution is 2.37. The molecule has 2 N–H and O–H groups in total. The topological polar surface area (TPSA) is 47.1 Å². The number of fused-ring (bicyclic) bond motifs is 1. The molecule has 17 heavy (non-hydrogen) atoms. The maximum absolute atomic E-state index is 5.70. The van der Waals surface area contributed by atoms with Gasteiger partial charge in [-0.3, -0.25) is 4.90 Å². The third kappa shape index (κ3) is 1.89. The molecule has 2 heterocycles. The molecule has 0 radical (unpaired) electrons. The monoisotopic (exact) mass is 234 g/mol. The van der Waals surface area contributed by atoms with E-state index in [9.17, 15) is 0 Å². The van der Waals surface area contributed by atoms with E-state index in [4.69, 9.17) is 10.7 Å². The van der Waals surface area contributed by atoms with Crippen molar-refractivity contribution in [3.63, 3.8) is 0 Å². The number of rotatable bonds is 3. The van der Waals surface area contributed by atoms with Gasteiger partial charge in [-0.2, -0.15) is 0 Å². The summed E-state index contributed by atoms with van der Waals surface area (Å²) in [5.41, 5.74) is 8.37. The van der Waals surface area contributed by atoms with Crippen LogP contribution in [0.15, 0.2) is 0 Å². The zero-order chi connectivity index (χ0) is 11.8. The van der Waals surface area contributed by atoms with E-state index < -0.39 is 0 Å². The molecule has 4 nitrogen and oxygen atoms in total. The molecule has 0 saturated heterocycles. The van der Waals surface area contributed by atoms with Crippen LogP contribution >= 0.6 is 0 Å². The van der Waals surface area contributed by atoms with Crippen LogP contribution in [0.3, 0.4) is 0 Å². The Morgan fingerprint density at radius 1 is 1.35 bits per heavy atom. The summed E-state index contributed by atoms with van der Waals surface area (Å²) in [4.78, 5) is 7.27. The van der Waals surface area contributed by atoms with E-state index in [2.05, 4.69) is 16.5 Å². The van der Waals surface area contributed by atoms with Crippen LogP contribution in [0, 0.1) is 0 Å². The zero-order valence-electron chi connectivity index (χ0n) is 10.7. The minimum atomic E-state index is 0.706. The summed E-state index contributed by atoms with van der Waals surface area (Å²) in [5, 5.41) is 0. The summed E-state index contributed by atoms with van der Waals surface area (Å²) in [6.07, 6.45) is 4.96. The van der Waals surface area contributed by atoms with Crippen LogP contribution < -0.4 is 5.73 Å². The van der Waals surface area contributed by atoms with Crippen molar-refractivity contribution in [3.8, 4) is 0 Å². The van der Waals surface area contributed by atoms with Crippen LogP contribution in [0.5, 0.6) is 0 Å². The fourth-order valence-electron chi connectivity index (χ4n) is 2.90. The van der Waals surface area contributed by atoms with E-state index >= 15 is 0 Å². The third-order valence-corrected chi connectivity index (χ3v) is 4.16. The van der Waals surface area contributed by atoms with Gasteiger partial charge in [0.2, 0.25) is 0 Å². The van der Waals surface area contributed by atoms with Crippen LogP contribution in [0.1, 0.15) is 42.4 Å². The SMILES string of the molecule is CN1CCn2c(C3CCC3)nc(CCN)c2C1. The lowest BCUT2D eigenvalue weighted by atomic mass is 9.85. The minimum Gasteiger partial charge on any atom is -0.330 e. The molecule has 1 saturated carbocycles. The van der Waals surface area contributed by atoms with E-state index in [1.54, 1.807) is 0 Å². The minimum absolute atomic E-state index is 0.706. The number of hydrogen-bond donors (Lipinski definition) is 1. The smallest absolute Gasteiger partial charge is 0.112 e. The number of likely N-dealkylation sites (N-methyl/N-ethyl adjacent to an activating group) is 1. The van der Waals surface area contributed by atoms with Crippen molar-refractivity contribution in [2.24, 2.45) is 5.73 Å². The maximum atomic E-state index is 5.70. The summed E-state index contributed by atoms with van der Waals surface area (Å²) in [7, 11) is 2.19. The number of nitrogens with two attached hydrogens (primary N) is 1. The lowest BCUT2D eigenvalue weighted by Crippen LogP contribution is -2.32. The van der Waals surface area contributed by atoms with E-state index in [-0.39, 0.29) is 0 Å². The van der Waals surface area contributed by atoms with Gasteiger partial charge in [-0.05, 0) is 26.4 Å². The Hall–Kier alpha value is -0.870. The van der Waals surface area contributed by atoms with Crippen LogP contribution in [-0.2, 0) is 19.5 Å². The average molecular weight is 234 g/mol. The maximum Gasteiger partial charge on any atom is 0.112 e. The van der Waals surface area contributed by atoms with Gasteiger partial charge in [0, 0.05) is 32.0 Å². The second kappa shape index (κ2) is 4.42. The molecule has 1 aromatic heterocycles. The number of aromatic nitrogens is 2. The highest BCUT2D eigenvalue weighted by molar-refractivity contribution is 5.22. The molecule has 0 amide bonds. The number of hydrogen-bond acceptors (Lipinski definition) is 3. The molecular weight excluding hydrogens is 212 g/mol. The Morgan fingerprint density at radius 3 is 2.82 bits per heavy atom. The summed E-state index contributed by atoms with van der Waals surface area (Å²) in [6, 6.07) is 0. The Morgan fingerprint density at radius 2 is 2.18 bits per heavy atom. The normalized spacial score (nSPS) is 21.3. The lowest BCUT2D eigenvalue weighted by Gasteiger charge is -2.30. The van der Waals surface area contributed by atoms with Crippen molar-refractivity contribution in [1.82, 2.24) is 14.5 Å². The molecule has 0 atom stereocenters. The van der Waals surface area contributed by atoms with Crippen molar-refractivity contribution >= 4 is 0 Å². The molecule has 3 rings (SSSR count). The van der Waals surface area contributed by atoms with Gasteiger partial charge in [-0.1, -0.05) is 6.42 Å². The highest BCUT2D eigenvalue weighted by atomic mass is 15.2. The Kier molecular flexibility index (Phi) is 2.92. The van der Waals surface area contributed by atoms with Crippen molar-refractivity contribution in [1.29, 1.82) is 0 Å². The summed E-state index contributed by atoms with van der Waals surface area (Å²) in [5.74, 6) is 2.08. The van der Waals surface area contributed by atoms with Gasteiger partial charge < -0.3 is 10.3 Å². The number of nitrogens with zero attached hydrogens (tertiary/aromatic N) is 3. The first-order valence-electron chi connectivity index (χ1n) is 6.76. The fourth-order valence-corrected chi connectivity index (χ4v) is 2.90. The second-order valence-electron chi connectivity index (χ2n) is 5.42. The largest absolute Gasteiger partial charge is 0.330 e. The quantitative estimate of drug-likeness (QED) is 0.852. The molecule has 1 aromatic rings. The summed E-state index contributed by atoms with van der Waals surface area (Å²) >= 11 is 0. The van der Waals surface area contributed by atoms with Gasteiger partial charge in [-0.15, -0.1) is 0 Å². The van der Waals surface area contributed by atoms with Gasteiger partial charge in [0.15, 0.2) is 0 Å². The number of imidazole rings is 1. The Labute approximate surface area is 103 Å². The van der Waals surface area contributed by atoms with Gasteiger partial charge in [0.1, 0.15) is 5.82 Å². The van der Waals surface area contributed by atoms with E-state index in [1.165, 1.54) is 36.5 Å². The molecule has 0 aromatic carbocycles. The van der Waals surface area contributed by atoms with Crippen molar-refractivity contribution in [2.45, 2.75) is 44.7 Å². The molecule has 94 valence electrons. The van der Waals surface area contributed by atoms with Gasteiger partial charge in [0.25, 0.3) is 0 Å². The predicted octanol–water partition coefficient (Wildman–Crippen LogP) is 1.10. The van der Waals surface area contributed by atoms with E-state index in [0.717, 1.165) is 32.0 Å². The molecule has 2 aliphatic rings. The van der Waals surface area contributed by atoms with Gasteiger partial charge in [-0.25, -0.2) is 4.98 Å². The molecule has 1 aliphatic heterocycles. The Bertz CT molecular complexity index is 406. The standard InChI is InChI=1S/C13H22N4/c1-16-7-8-17-12(9-16)11(5-6-14)15-13(17)10-3-2-4-10/h10H,2-9,14H2,1H3. The highest BCUT2D eigenvalue weighted by Gasteiger charge is 2.29. The summed E-state index contributed by atoms with van der Waals surface area (Å²) in [6.45, 7) is 3.99. The first-order valence-corrected chi connectivity index (χ1v) is 6.76. The third-order valence-electron chi connectivity index (χ3n) is 4.16. The molecule has 1 fully saturated rings. The zero-order valence-corrected chi connectivity index (χ0v) is 10.7. The predicted molar refractivity (Wildman–Crippen MR) is 67.9 cm³/mol. The van der Waals surface area contributed by atoms with Gasteiger partial charge in [0.05, 0.1) is 11.4 Å². The average Bonchev–Trinajstić information content (AvgIpc) is 2.55.